The van der Waals surface area contributed by atoms with Crippen LogP contribution < -0.4 is 5.32 Å². The Morgan fingerprint density at radius 3 is 2.88 bits per heavy atom. The molecule has 0 saturated heterocycles. The van der Waals surface area contributed by atoms with Crippen LogP contribution in [-0.2, 0) is 6.54 Å². The van der Waals surface area contributed by atoms with Crippen LogP contribution in [0, 0.1) is 13.8 Å². The number of aryl methyl sites for hydroxylation is 2. The maximum absolute atomic E-state index is 5.97. The zero-order valence-electron chi connectivity index (χ0n) is 10.1. The number of nitrogens with zero attached hydrogens (tertiary/aromatic N) is 2. The average molecular weight is 250 g/mol. The Kier molecular flexibility index (Phi) is 3.69. The van der Waals surface area contributed by atoms with Crippen LogP contribution in [0.2, 0.25) is 5.02 Å². The first-order valence-electron chi connectivity index (χ1n) is 5.64. The second-order valence-corrected chi connectivity index (χ2v) is 4.49. The second kappa shape index (κ2) is 5.23. The minimum absolute atomic E-state index is 0.761. The number of nitrogens with one attached hydrogen (secondary N) is 1. The highest BCUT2D eigenvalue weighted by Crippen LogP contribution is 2.19. The Morgan fingerprint density at radius 1 is 1.35 bits per heavy atom. The molecule has 0 saturated carbocycles. The minimum Gasteiger partial charge on any atom is -0.383 e. The number of halogens is 1. The van der Waals surface area contributed by atoms with Gasteiger partial charge in [0.2, 0.25) is 0 Å². The van der Waals surface area contributed by atoms with Crippen LogP contribution in [0.5, 0.6) is 0 Å². The Balaban J connectivity index is 1.94. The molecule has 4 heteroatoms. The van der Waals surface area contributed by atoms with E-state index in [9.17, 15) is 0 Å². The van der Waals surface area contributed by atoms with Crippen LogP contribution in [0.1, 0.15) is 11.4 Å². The van der Waals surface area contributed by atoms with Crippen molar-refractivity contribution in [3.63, 3.8) is 0 Å². The van der Waals surface area contributed by atoms with Gasteiger partial charge in [-0.1, -0.05) is 17.7 Å². The van der Waals surface area contributed by atoms with E-state index in [1.807, 2.05) is 37.5 Å². The summed E-state index contributed by atoms with van der Waals surface area (Å²) in [4.78, 5) is 4.19. The Morgan fingerprint density at radius 2 is 2.18 bits per heavy atom. The number of anilines is 1. The van der Waals surface area contributed by atoms with Crippen molar-refractivity contribution in [3.8, 4) is 0 Å². The van der Waals surface area contributed by atoms with Gasteiger partial charge in [-0.25, -0.2) is 4.98 Å². The van der Waals surface area contributed by atoms with Gasteiger partial charge in [0, 0.05) is 36.2 Å². The third-order valence-corrected chi connectivity index (χ3v) is 3.03. The molecule has 2 aromatic rings. The number of rotatable bonds is 4. The van der Waals surface area contributed by atoms with Crippen molar-refractivity contribution in [2.75, 3.05) is 11.9 Å². The van der Waals surface area contributed by atoms with Gasteiger partial charge >= 0.3 is 0 Å². The van der Waals surface area contributed by atoms with Crippen molar-refractivity contribution in [3.05, 3.63) is 47.0 Å². The molecule has 0 unspecified atom stereocenters. The van der Waals surface area contributed by atoms with E-state index in [4.69, 9.17) is 11.6 Å². The van der Waals surface area contributed by atoms with Gasteiger partial charge < -0.3 is 9.88 Å². The minimum atomic E-state index is 0.761. The topological polar surface area (TPSA) is 29.9 Å². The largest absolute Gasteiger partial charge is 0.383 e. The Hall–Kier alpha value is -1.48. The summed E-state index contributed by atoms with van der Waals surface area (Å²) in [5, 5.41) is 4.15. The summed E-state index contributed by atoms with van der Waals surface area (Å²) in [6, 6.07) is 5.88. The van der Waals surface area contributed by atoms with Gasteiger partial charge in [0.05, 0.1) is 0 Å². The van der Waals surface area contributed by atoms with Crippen LogP contribution in [0.4, 0.5) is 5.69 Å². The van der Waals surface area contributed by atoms with Gasteiger partial charge in [0.15, 0.2) is 0 Å². The quantitative estimate of drug-likeness (QED) is 0.901. The van der Waals surface area contributed by atoms with Gasteiger partial charge in [0.25, 0.3) is 0 Å². The van der Waals surface area contributed by atoms with Gasteiger partial charge in [-0.3, -0.25) is 0 Å². The van der Waals surface area contributed by atoms with E-state index in [1.54, 1.807) is 0 Å². The summed E-state index contributed by atoms with van der Waals surface area (Å²) >= 11 is 5.97. The summed E-state index contributed by atoms with van der Waals surface area (Å²) in [5.74, 6) is 1.04. The molecule has 17 heavy (non-hydrogen) atoms. The summed E-state index contributed by atoms with van der Waals surface area (Å²) in [6.07, 6.45) is 3.81. The monoisotopic (exact) mass is 249 g/mol. The molecule has 0 atom stereocenters. The molecule has 1 aromatic carbocycles. The lowest BCUT2D eigenvalue weighted by Gasteiger charge is -2.11. The molecule has 1 aromatic heterocycles. The fourth-order valence-electron chi connectivity index (χ4n) is 1.74. The van der Waals surface area contributed by atoms with Gasteiger partial charge in [0.1, 0.15) is 5.82 Å². The number of aromatic nitrogens is 2. The van der Waals surface area contributed by atoms with Gasteiger partial charge in [-0.15, -0.1) is 0 Å². The first-order chi connectivity index (χ1) is 8.16. The summed E-state index contributed by atoms with van der Waals surface area (Å²) in [6.45, 7) is 5.84. The van der Waals surface area contributed by atoms with Crippen LogP contribution >= 0.6 is 11.6 Å². The molecule has 90 valence electrons. The maximum Gasteiger partial charge on any atom is 0.105 e. The standard InChI is InChI=1S/C13H16ClN3/c1-10-3-4-12(14)9-13(10)16-6-8-17-7-5-15-11(17)2/h3-5,7,9,16H,6,8H2,1-2H3. The molecule has 1 heterocycles. The molecule has 0 aliphatic carbocycles. The zero-order valence-corrected chi connectivity index (χ0v) is 10.8. The van der Waals surface area contributed by atoms with E-state index in [2.05, 4.69) is 21.8 Å². The van der Waals surface area contributed by atoms with Crippen molar-refractivity contribution in [1.29, 1.82) is 0 Å². The highest BCUT2D eigenvalue weighted by atomic mass is 35.5. The normalized spacial score (nSPS) is 10.5. The predicted octanol–water partition coefficient (Wildman–Crippen LogP) is 3.27. The summed E-state index contributed by atoms with van der Waals surface area (Å²) in [5.41, 5.74) is 2.30. The van der Waals surface area contributed by atoms with E-state index < -0.39 is 0 Å². The summed E-state index contributed by atoms with van der Waals surface area (Å²) in [7, 11) is 0. The molecule has 3 nitrogen and oxygen atoms in total. The van der Waals surface area contributed by atoms with E-state index in [0.717, 1.165) is 29.6 Å². The molecule has 0 aliphatic rings. The second-order valence-electron chi connectivity index (χ2n) is 4.05. The fourth-order valence-corrected chi connectivity index (χ4v) is 1.91. The third kappa shape index (κ3) is 3.01. The van der Waals surface area contributed by atoms with E-state index in [0.29, 0.717) is 0 Å². The number of benzene rings is 1. The number of imidazole rings is 1. The van der Waals surface area contributed by atoms with Crippen LogP contribution in [0.15, 0.2) is 30.6 Å². The molecule has 0 bridgehead atoms. The molecule has 2 rings (SSSR count). The SMILES string of the molecule is Cc1ccc(Cl)cc1NCCn1ccnc1C. The van der Waals surface area contributed by atoms with E-state index in [1.165, 1.54) is 5.56 Å². The highest BCUT2D eigenvalue weighted by Gasteiger charge is 2.00. The maximum atomic E-state index is 5.97. The van der Waals surface area contributed by atoms with Crippen molar-refractivity contribution in [1.82, 2.24) is 9.55 Å². The first-order valence-corrected chi connectivity index (χ1v) is 6.02. The Bertz CT molecular complexity index is 505. The number of hydrogen-bond acceptors (Lipinski definition) is 2. The summed E-state index contributed by atoms with van der Waals surface area (Å²) < 4.78 is 2.12. The lowest BCUT2D eigenvalue weighted by molar-refractivity contribution is 0.701. The van der Waals surface area contributed by atoms with Crippen LogP contribution in [0.25, 0.3) is 0 Å². The van der Waals surface area contributed by atoms with Gasteiger partial charge in [-0.2, -0.15) is 0 Å². The van der Waals surface area contributed by atoms with Gasteiger partial charge in [-0.05, 0) is 31.5 Å². The van der Waals surface area contributed by atoms with Crippen molar-refractivity contribution in [2.24, 2.45) is 0 Å². The third-order valence-electron chi connectivity index (χ3n) is 2.79. The predicted molar refractivity (Wildman–Crippen MR) is 71.6 cm³/mol. The fraction of sp³-hybridized carbons (Fsp3) is 0.308. The lowest BCUT2D eigenvalue weighted by Crippen LogP contribution is -2.11. The van der Waals surface area contributed by atoms with Crippen molar-refractivity contribution in [2.45, 2.75) is 20.4 Å². The Labute approximate surface area is 106 Å². The molecule has 1 N–H and O–H groups in total. The first kappa shape index (κ1) is 12.0. The van der Waals surface area contributed by atoms with Crippen LogP contribution in [0.3, 0.4) is 0 Å². The average Bonchev–Trinajstić information content (AvgIpc) is 2.70. The highest BCUT2D eigenvalue weighted by molar-refractivity contribution is 6.30. The van der Waals surface area contributed by atoms with Crippen LogP contribution in [-0.4, -0.2) is 16.1 Å². The zero-order chi connectivity index (χ0) is 12.3. The molecule has 0 fully saturated rings. The molecular weight excluding hydrogens is 234 g/mol. The molecular formula is C13H16ClN3. The van der Waals surface area contributed by atoms with Crippen molar-refractivity contribution >= 4 is 17.3 Å². The lowest BCUT2D eigenvalue weighted by atomic mass is 10.2. The smallest absolute Gasteiger partial charge is 0.105 e. The number of hydrogen-bond donors (Lipinski definition) is 1. The molecule has 0 aliphatic heterocycles. The molecule has 0 spiro atoms. The van der Waals surface area contributed by atoms with Crippen molar-refractivity contribution < 1.29 is 0 Å². The van der Waals surface area contributed by atoms with E-state index >= 15 is 0 Å². The van der Waals surface area contributed by atoms with E-state index in [-0.39, 0.29) is 0 Å². The molecule has 0 amide bonds. The molecule has 0 radical (unpaired) electrons.